The first-order valence-corrected chi connectivity index (χ1v) is 10.3. The minimum absolute atomic E-state index is 0.164. The Labute approximate surface area is 180 Å². The minimum Gasteiger partial charge on any atom is -0.497 e. The molecule has 0 bridgehead atoms. The normalized spacial score (nSPS) is 16.4. The van der Waals surface area contributed by atoms with E-state index in [1.165, 1.54) is 11.0 Å². The molecular formula is C23H25N3O5. The molecule has 8 heteroatoms. The fourth-order valence-corrected chi connectivity index (χ4v) is 3.74. The Hall–Kier alpha value is -3.23. The van der Waals surface area contributed by atoms with Gasteiger partial charge in [-0.05, 0) is 35.9 Å². The van der Waals surface area contributed by atoms with Crippen molar-refractivity contribution in [2.75, 3.05) is 46.5 Å². The van der Waals surface area contributed by atoms with Gasteiger partial charge in [-0.2, -0.15) is 0 Å². The average molecular weight is 423 g/mol. The summed E-state index contributed by atoms with van der Waals surface area (Å²) in [6, 6.07) is 11.9. The van der Waals surface area contributed by atoms with E-state index in [0.717, 1.165) is 25.2 Å². The lowest BCUT2D eigenvalue weighted by Crippen LogP contribution is -2.41. The summed E-state index contributed by atoms with van der Waals surface area (Å²) in [4.78, 5) is 41.5. The summed E-state index contributed by atoms with van der Waals surface area (Å²) >= 11 is 0. The van der Waals surface area contributed by atoms with Gasteiger partial charge in [-0.3, -0.25) is 24.2 Å². The van der Waals surface area contributed by atoms with Crippen LogP contribution in [-0.2, 0) is 11.3 Å². The second kappa shape index (κ2) is 9.28. The summed E-state index contributed by atoms with van der Waals surface area (Å²) < 4.78 is 10.5. The molecule has 31 heavy (non-hydrogen) atoms. The first kappa shape index (κ1) is 21.0. The van der Waals surface area contributed by atoms with Crippen molar-refractivity contribution in [3.05, 3.63) is 64.7 Å². The maximum atomic E-state index is 12.9. The zero-order valence-electron chi connectivity index (χ0n) is 17.4. The quantitative estimate of drug-likeness (QED) is 0.680. The van der Waals surface area contributed by atoms with Gasteiger partial charge in [0.05, 0.1) is 38.0 Å². The third-order valence-corrected chi connectivity index (χ3v) is 5.55. The monoisotopic (exact) mass is 423 g/mol. The van der Waals surface area contributed by atoms with E-state index < -0.39 is 5.91 Å². The van der Waals surface area contributed by atoms with Crippen LogP contribution in [0, 0.1) is 0 Å². The van der Waals surface area contributed by atoms with Crippen molar-refractivity contribution in [3.63, 3.8) is 0 Å². The van der Waals surface area contributed by atoms with Crippen LogP contribution in [0.3, 0.4) is 0 Å². The van der Waals surface area contributed by atoms with Crippen LogP contribution >= 0.6 is 0 Å². The molecule has 0 saturated carbocycles. The average Bonchev–Trinajstić information content (AvgIpc) is 3.04. The van der Waals surface area contributed by atoms with Crippen LogP contribution in [0.5, 0.6) is 5.75 Å². The van der Waals surface area contributed by atoms with E-state index in [0.29, 0.717) is 36.6 Å². The van der Waals surface area contributed by atoms with Crippen LogP contribution in [0.15, 0.2) is 42.5 Å². The van der Waals surface area contributed by atoms with Crippen LogP contribution in [0.4, 0.5) is 0 Å². The summed E-state index contributed by atoms with van der Waals surface area (Å²) in [5, 5.41) is 2.88. The zero-order chi connectivity index (χ0) is 21.8. The van der Waals surface area contributed by atoms with Crippen molar-refractivity contribution >= 4 is 17.7 Å². The number of fused-ring (bicyclic) bond motifs is 1. The van der Waals surface area contributed by atoms with Crippen LogP contribution in [0.2, 0.25) is 0 Å². The topological polar surface area (TPSA) is 88.2 Å². The number of rotatable bonds is 7. The highest BCUT2D eigenvalue weighted by Crippen LogP contribution is 2.26. The molecule has 162 valence electrons. The lowest BCUT2D eigenvalue weighted by Gasteiger charge is -2.26. The number of carbonyl (C=O) groups is 3. The molecule has 2 aromatic carbocycles. The summed E-state index contributed by atoms with van der Waals surface area (Å²) in [5.41, 5.74) is 1.77. The second-order valence-electron chi connectivity index (χ2n) is 7.51. The fourth-order valence-electron chi connectivity index (χ4n) is 3.74. The lowest BCUT2D eigenvalue weighted by atomic mass is 10.1. The highest BCUT2D eigenvalue weighted by atomic mass is 16.5. The molecular weight excluding hydrogens is 398 g/mol. The molecule has 1 N–H and O–H groups in total. The van der Waals surface area contributed by atoms with E-state index in [-0.39, 0.29) is 23.9 Å². The summed E-state index contributed by atoms with van der Waals surface area (Å²) in [5.74, 6) is -0.297. The standard InChI is InChI=1S/C23H25N3O5/c1-30-18-5-2-16(3-6-18)15-26-22(28)19-7-4-17(14-20(19)23(26)29)21(27)24-8-9-25-10-12-31-13-11-25/h2-7,14H,8-13,15H2,1H3,(H,24,27). The van der Waals surface area contributed by atoms with E-state index in [9.17, 15) is 14.4 Å². The number of nitrogens with zero attached hydrogens (tertiary/aromatic N) is 2. The fraction of sp³-hybridized carbons (Fsp3) is 0.348. The molecule has 8 nitrogen and oxygen atoms in total. The number of ether oxygens (including phenoxy) is 2. The van der Waals surface area contributed by atoms with Crippen molar-refractivity contribution in [2.45, 2.75) is 6.54 Å². The second-order valence-corrected chi connectivity index (χ2v) is 7.51. The molecule has 0 radical (unpaired) electrons. The van der Waals surface area contributed by atoms with Crippen molar-refractivity contribution in [1.29, 1.82) is 0 Å². The number of carbonyl (C=O) groups excluding carboxylic acids is 3. The molecule has 0 unspecified atom stereocenters. The van der Waals surface area contributed by atoms with E-state index in [4.69, 9.17) is 9.47 Å². The number of amides is 3. The number of benzene rings is 2. The van der Waals surface area contributed by atoms with Crippen LogP contribution in [0.1, 0.15) is 36.6 Å². The molecule has 0 aromatic heterocycles. The van der Waals surface area contributed by atoms with Crippen molar-refractivity contribution in [2.24, 2.45) is 0 Å². The van der Waals surface area contributed by atoms with Gasteiger partial charge in [0.1, 0.15) is 5.75 Å². The highest BCUT2D eigenvalue weighted by Gasteiger charge is 2.36. The number of imide groups is 1. The summed E-state index contributed by atoms with van der Waals surface area (Å²) in [6.45, 7) is 4.55. The number of morpholine rings is 1. The third-order valence-electron chi connectivity index (χ3n) is 5.55. The van der Waals surface area contributed by atoms with Gasteiger partial charge in [-0.15, -0.1) is 0 Å². The number of nitrogens with one attached hydrogen (secondary N) is 1. The molecule has 1 saturated heterocycles. The Balaban J connectivity index is 1.40. The third kappa shape index (κ3) is 4.60. The molecule has 0 aliphatic carbocycles. The molecule has 0 atom stereocenters. The van der Waals surface area contributed by atoms with Gasteiger partial charge in [-0.1, -0.05) is 12.1 Å². The van der Waals surface area contributed by atoms with Crippen LogP contribution in [0.25, 0.3) is 0 Å². The molecule has 2 heterocycles. The van der Waals surface area contributed by atoms with Gasteiger partial charge in [0, 0.05) is 31.7 Å². The Morgan fingerprint density at radius 3 is 2.45 bits per heavy atom. The van der Waals surface area contributed by atoms with Gasteiger partial charge >= 0.3 is 0 Å². The molecule has 2 aromatic rings. The predicted molar refractivity (Wildman–Crippen MR) is 113 cm³/mol. The van der Waals surface area contributed by atoms with E-state index in [2.05, 4.69) is 10.2 Å². The maximum Gasteiger partial charge on any atom is 0.261 e. The zero-order valence-corrected chi connectivity index (χ0v) is 17.4. The van der Waals surface area contributed by atoms with E-state index in [1.807, 2.05) is 12.1 Å². The highest BCUT2D eigenvalue weighted by molar-refractivity contribution is 6.22. The Bertz CT molecular complexity index is 983. The Morgan fingerprint density at radius 2 is 1.74 bits per heavy atom. The Kier molecular flexibility index (Phi) is 6.29. The van der Waals surface area contributed by atoms with E-state index >= 15 is 0 Å². The molecule has 3 amide bonds. The van der Waals surface area contributed by atoms with Gasteiger partial charge in [0.25, 0.3) is 17.7 Å². The number of methoxy groups -OCH3 is 1. The van der Waals surface area contributed by atoms with Gasteiger partial charge in [-0.25, -0.2) is 0 Å². The SMILES string of the molecule is COc1ccc(CN2C(=O)c3ccc(C(=O)NCCN4CCOCC4)cc3C2=O)cc1. The largest absolute Gasteiger partial charge is 0.497 e. The summed E-state index contributed by atoms with van der Waals surface area (Å²) in [7, 11) is 1.58. The maximum absolute atomic E-state index is 12.9. The van der Waals surface area contributed by atoms with Crippen molar-refractivity contribution in [1.82, 2.24) is 15.1 Å². The predicted octanol–water partition coefficient (Wildman–Crippen LogP) is 1.55. The summed E-state index contributed by atoms with van der Waals surface area (Å²) in [6.07, 6.45) is 0. The first-order chi connectivity index (χ1) is 15.1. The van der Waals surface area contributed by atoms with Crippen LogP contribution < -0.4 is 10.1 Å². The van der Waals surface area contributed by atoms with Gasteiger partial charge < -0.3 is 14.8 Å². The minimum atomic E-state index is -0.390. The molecule has 0 spiro atoms. The van der Waals surface area contributed by atoms with Crippen LogP contribution in [-0.4, -0.2) is 74.0 Å². The van der Waals surface area contributed by atoms with Gasteiger partial charge in [0.15, 0.2) is 0 Å². The van der Waals surface area contributed by atoms with Gasteiger partial charge in [0.2, 0.25) is 0 Å². The number of hydrogen-bond acceptors (Lipinski definition) is 6. The lowest BCUT2D eigenvalue weighted by molar-refractivity contribution is 0.0383. The van der Waals surface area contributed by atoms with Crippen molar-refractivity contribution < 1.29 is 23.9 Å². The molecule has 2 aliphatic rings. The smallest absolute Gasteiger partial charge is 0.261 e. The van der Waals surface area contributed by atoms with E-state index in [1.54, 1.807) is 31.4 Å². The van der Waals surface area contributed by atoms with Crippen molar-refractivity contribution in [3.8, 4) is 5.75 Å². The number of hydrogen-bond donors (Lipinski definition) is 1. The Morgan fingerprint density at radius 1 is 1.03 bits per heavy atom. The molecule has 4 rings (SSSR count). The first-order valence-electron chi connectivity index (χ1n) is 10.3. The molecule has 1 fully saturated rings. The molecule has 2 aliphatic heterocycles.